The third-order valence-electron chi connectivity index (χ3n) is 1.91. The van der Waals surface area contributed by atoms with E-state index in [-0.39, 0.29) is 0 Å². The van der Waals surface area contributed by atoms with Crippen molar-refractivity contribution in [3.8, 4) is 12.1 Å². The Kier molecular flexibility index (Phi) is 4.69. The number of nitrogens with zero attached hydrogens (tertiary/aromatic N) is 3. The number of unbranched alkanes of at least 4 members (excludes halogenated alkanes) is 2. The van der Waals surface area contributed by atoms with Gasteiger partial charge in [0.05, 0.1) is 11.6 Å². The Morgan fingerprint density at radius 1 is 1.27 bits per heavy atom. The van der Waals surface area contributed by atoms with Crippen LogP contribution in [0.15, 0.2) is 18.3 Å². The van der Waals surface area contributed by atoms with Crippen molar-refractivity contribution in [3.05, 3.63) is 23.9 Å². The van der Waals surface area contributed by atoms with Gasteiger partial charge in [0.2, 0.25) is 0 Å². The third kappa shape index (κ3) is 4.10. The number of nitrogens with one attached hydrogen (secondary N) is 1. The van der Waals surface area contributed by atoms with Crippen molar-refractivity contribution < 1.29 is 0 Å². The van der Waals surface area contributed by atoms with Gasteiger partial charge in [-0.05, 0) is 25.0 Å². The summed E-state index contributed by atoms with van der Waals surface area (Å²) in [4.78, 5) is 4.07. The molecule has 0 fully saturated rings. The quantitative estimate of drug-likeness (QED) is 0.738. The zero-order chi connectivity index (χ0) is 10.9. The zero-order valence-corrected chi connectivity index (χ0v) is 8.40. The van der Waals surface area contributed by atoms with E-state index in [0.29, 0.717) is 12.0 Å². The highest BCUT2D eigenvalue weighted by atomic mass is 15.0. The molecule has 1 heterocycles. The molecular weight excluding hydrogens is 188 g/mol. The molecule has 0 atom stereocenters. The summed E-state index contributed by atoms with van der Waals surface area (Å²) in [5.41, 5.74) is 0.560. The van der Waals surface area contributed by atoms with Gasteiger partial charge in [0.1, 0.15) is 11.9 Å². The van der Waals surface area contributed by atoms with Gasteiger partial charge in [0.15, 0.2) is 0 Å². The first-order valence-electron chi connectivity index (χ1n) is 4.84. The van der Waals surface area contributed by atoms with Crippen LogP contribution in [0.4, 0.5) is 5.82 Å². The molecule has 1 rings (SSSR count). The smallest absolute Gasteiger partial charge is 0.125 e. The maximum Gasteiger partial charge on any atom is 0.125 e. The second-order valence-electron chi connectivity index (χ2n) is 3.09. The van der Waals surface area contributed by atoms with Gasteiger partial charge >= 0.3 is 0 Å². The van der Waals surface area contributed by atoms with E-state index in [0.717, 1.165) is 25.2 Å². The summed E-state index contributed by atoms with van der Waals surface area (Å²) >= 11 is 0. The first-order valence-corrected chi connectivity index (χ1v) is 4.84. The van der Waals surface area contributed by atoms with Crippen LogP contribution in [0.3, 0.4) is 0 Å². The monoisotopic (exact) mass is 200 g/mol. The Bertz CT molecular complexity index is 369. The summed E-state index contributed by atoms with van der Waals surface area (Å²) in [7, 11) is 0. The molecule has 0 saturated carbocycles. The van der Waals surface area contributed by atoms with E-state index in [1.807, 2.05) is 6.07 Å². The number of hydrogen-bond acceptors (Lipinski definition) is 4. The van der Waals surface area contributed by atoms with Gasteiger partial charge in [0.25, 0.3) is 0 Å². The lowest BCUT2D eigenvalue weighted by molar-refractivity contribution is 0.782. The van der Waals surface area contributed by atoms with Crippen LogP contribution in [-0.4, -0.2) is 11.5 Å². The highest BCUT2D eigenvalue weighted by Gasteiger charge is 1.94. The molecule has 15 heavy (non-hydrogen) atoms. The van der Waals surface area contributed by atoms with Crippen LogP contribution in [0.1, 0.15) is 24.8 Å². The fourth-order valence-corrected chi connectivity index (χ4v) is 1.11. The predicted molar refractivity (Wildman–Crippen MR) is 56.9 cm³/mol. The minimum absolute atomic E-state index is 0.560. The van der Waals surface area contributed by atoms with Crippen molar-refractivity contribution in [2.45, 2.75) is 19.3 Å². The maximum absolute atomic E-state index is 8.56. The fraction of sp³-hybridized carbons (Fsp3) is 0.364. The van der Waals surface area contributed by atoms with Crippen LogP contribution in [0.5, 0.6) is 0 Å². The largest absolute Gasteiger partial charge is 0.370 e. The van der Waals surface area contributed by atoms with Crippen molar-refractivity contribution in [3.63, 3.8) is 0 Å². The number of hydrogen-bond donors (Lipinski definition) is 1. The second-order valence-corrected chi connectivity index (χ2v) is 3.09. The van der Waals surface area contributed by atoms with Crippen molar-refractivity contribution in [2.24, 2.45) is 0 Å². The van der Waals surface area contributed by atoms with E-state index in [1.165, 1.54) is 6.20 Å². The van der Waals surface area contributed by atoms with Crippen LogP contribution in [0, 0.1) is 22.7 Å². The van der Waals surface area contributed by atoms with Crippen molar-refractivity contribution in [2.75, 3.05) is 11.9 Å². The van der Waals surface area contributed by atoms with Gasteiger partial charge < -0.3 is 5.32 Å². The van der Waals surface area contributed by atoms with Crippen molar-refractivity contribution in [1.82, 2.24) is 4.98 Å². The van der Waals surface area contributed by atoms with Crippen molar-refractivity contribution >= 4 is 5.82 Å². The minimum atomic E-state index is 0.560. The topological polar surface area (TPSA) is 72.5 Å². The predicted octanol–water partition coefficient (Wildman–Crippen LogP) is 2.06. The number of rotatable bonds is 5. The normalized spacial score (nSPS) is 8.93. The molecule has 0 spiro atoms. The molecule has 0 aromatic carbocycles. The molecule has 0 aliphatic rings. The number of pyridine rings is 1. The average molecular weight is 200 g/mol. The molecule has 4 heteroatoms. The molecule has 0 unspecified atom stereocenters. The number of anilines is 1. The van der Waals surface area contributed by atoms with Crippen LogP contribution >= 0.6 is 0 Å². The van der Waals surface area contributed by atoms with Gasteiger partial charge in [-0.3, -0.25) is 0 Å². The number of nitriles is 2. The summed E-state index contributed by atoms with van der Waals surface area (Å²) in [6.45, 7) is 0.806. The van der Waals surface area contributed by atoms with E-state index in [4.69, 9.17) is 10.5 Å². The van der Waals surface area contributed by atoms with Gasteiger partial charge in [-0.25, -0.2) is 4.98 Å². The van der Waals surface area contributed by atoms with Gasteiger partial charge in [0, 0.05) is 19.2 Å². The number of aromatic nitrogens is 1. The molecule has 76 valence electrons. The molecule has 0 aliphatic carbocycles. The molecule has 1 aromatic heterocycles. The van der Waals surface area contributed by atoms with Crippen LogP contribution in [-0.2, 0) is 0 Å². The second kappa shape index (κ2) is 6.39. The molecule has 0 aliphatic heterocycles. The first-order chi connectivity index (χ1) is 7.36. The molecule has 0 radical (unpaired) electrons. The van der Waals surface area contributed by atoms with Crippen molar-refractivity contribution in [1.29, 1.82) is 10.5 Å². The van der Waals surface area contributed by atoms with E-state index in [2.05, 4.69) is 16.4 Å². The van der Waals surface area contributed by atoms with Gasteiger partial charge in [-0.15, -0.1) is 0 Å². The van der Waals surface area contributed by atoms with E-state index in [1.54, 1.807) is 12.1 Å². The van der Waals surface area contributed by atoms with Gasteiger partial charge in [-0.1, -0.05) is 0 Å². The zero-order valence-electron chi connectivity index (χ0n) is 8.40. The third-order valence-corrected chi connectivity index (χ3v) is 1.91. The minimum Gasteiger partial charge on any atom is -0.370 e. The Hall–Kier alpha value is -2.07. The SMILES string of the molecule is N#CCCCCNc1ccc(C#N)cn1. The molecular formula is C11H12N4. The van der Waals surface area contributed by atoms with E-state index >= 15 is 0 Å². The van der Waals surface area contributed by atoms with Gasteiger partial charge in [-0.2, -0.15) is 10.5 Å². The summed E-state index contributed by atoms with van der Waals surface area (Å²) in [5.74, 6) is 0.769. The molecule has 1 aromatic rings. The Labute approximate surface area is 89.2 Å². The fourth-order valence-electron chi connectivity index (χ4n) is 1.11. The molecule has 0 amide bonds. The Morgan fingerprint density at radius 2 is 2.13 bits per heavy atom. The summed E-state index contributed by atoms with van der Waals surface area (Å²) in [5, 5.41) is 20.0. The van der Waals surface area contributed by atoms with Crippen LogP contribution in [0.2, 0.25) is 0 Å². The lowest BCUT2D eigenvalue weighted by atomic mass is 10.2. The summed E-state index contributed by atoms with van der Waals surface area (Å²) < 4.78 is 0. The first kappa shape index (κ1) is 11.0. The highest BCUT2D eigenvalue weighted by molar-refractivity contribution is 5.38. The highest BCUT2D eigenvalue weighted by Crippen LogP contribution is 2.04. The van der Waals surface area contributed by atoms with E-state index < -0.39 is 0 Å². The van der Waals surface area contributed by atoms with Crippen LogP contribution < -0.4 is 5.32 Å². The molecule has 4 nitrogen and oxygen atoms in total. The molecule has 0 saturated heterocycles. The summed E-state index contributed by atoms with van der Waals surface area (Å²) in [6, 6.07) is 7.62. The average Bonchev–Trinajstić information content (AvgIpc) is 2.30. The molecule has 0 bridgehead atoms. The lowest BCUT2D eigenvalue weighted by Crippen LogP contribution is -2.02. The Balaban J connectivity index is 2.27. The standard InChI is InChI=1S/C11H12N4/c12-6-2-1-3-7-14-11-5-4-10(8-13)9-15-11/h4-5,9H,1-3,7H2,(H,14,15). The maximum atomic E-state index is 8.56. The van der Waals surface area contributed by atoms with E-state index in [9.17, 15) is 0 Å². The lowest BCUT2D eigenvalue weighted by Gasteiger charge is -2.03. The Morgan fingerprint density at radius 3 is 2.73 bits per heavy atom. The summed E-state index contributed by atoms with van der Waals surface area (Å²) in [6.07, 6.45) is 4.00. The molecule has 1 N–H and O–H groups in total. The van der Waals surface area contributed by atoms with Crippen LogP contribution in [0.25, 0.3) is 0 Å².